The van der Waals surface area contributed by atoms with Crippen molar-refractivity contribution >= 4 is 110 Å². The fraction of sp³-hybridized carbons (Fsp3) is 0.627. The van der Waals surface area contributed by atoms with Crippen LogP contribution in [0.4, 0.5) is 13.2 Å². The number of carbonyl (C=O) groups is 11. The summed E-state index contributed by atoms with van der Waals surface area (Å²) in [4.78, 5) is 151. The topological polar surface area (TPSA) is 491 Å². The zero-order chi connectivity index (χ0) is 64.9. The number of nitrogens with zero attached hydrogens (tertiary/aromatic N) is 2. The average molecular weight is 1280 g/mol. The molecule has 86 heavy (non-hydrogen) atoms. The van der Waals surface area contributed by atoms with Gasteiger partial charge in [-0.25, -0.2) is 4.79 Å². The van der Waals surface area contributed by atoms with Crippen molar-refractivity contribution in [2.75, 3.05) is 49.7 Å². The summed E-state index contributed by atoms with van der Waals surface area (Å²) in [7, 11) is 2.16. The van der Waals surface area contributed by atoms with Gasteiger partial charge in [0.15, 0.2) is 11.9 Å². The molecule has 1 fully saturated rings. The number of alkyl halides is 3. The number of thioether (sulfide) groups is 1. The number of nitrogens with two attached hydrogens (primary N) is 5. The van der Waals surface area contributed by atoms with E-state index in [9.17, 15) is 66.2 Å². The van der Waals surface area contributed by atoms with Gasteiger partial charge < -0.3 is 86.7 Å². The number of amides is 10. The highest BCUT2D eigenvalue weighted by Crippen LogP contribution is 2.24. The Bertz CT molecular complexity index is 2460. The molecule has 10 amide bonds. The zero-order valence-corrected chi connectivity index (χ0v) is 50.8. The van der Waals surface area contributed by atoms with Crippen molar-refractivity contribution in [3.8, 4) is 5.75 Å². The number of phenolic OH excluding ortho intramolecular Hbond substituents is 1. The largest absolute Gasteiger partial charge is 0.508 e. The summed E-state index contributed by atoms with van der Waals surface area (Å²) in [5.41, 5.74) is 28.1. The first-order valence-corrected chi connectivity index (χ1v) is 31.2. The minimum atomic E-state index is -5.08. The van der Waals surface area contributed by atoms with Crippen LogP contribution in [0.2, 0.25) is 0 Å². The molecule has 7 atom stereocenters. The third-order valence-electron chi connectivity index (χ3n) is 12.1. The number of aromatic hydroxyl groups is 1. The second-order valence-corrected chi connectivity index (χ2v) is 23.3. The molecule has 21 N–H and O–H groups in total. The van der Waals surface area contributed by atoms with E-state index in [0.717, 1.165) is 21.6 Å². The van der Waals surface area contributed by atoms with Gasteiger partial charge in [0.2, 0.25) is 59.1 Å². The van der Waals surface area contributed by atoms with Gasteiger partial charge in [0.1, 0.15) is 48.0 Å². The van der Waals surface area contributed by atoms with Gasteiger partial charge in [-0.3, -0.25) is 57.9 Å². The third-order valence-corrected chi connectivity index (χ3v) is 15.2. The Kier molecular flexibility index (Phi) is 37.0. The molecule has 0 spiro atoms. The van der Waals surface area contributed by atoms with Crippen molar-refractivity contribution in [1.82, 2.24) is 47.9 Å². The monoisotopic (exact) mass is 1280 g/mol. The lowest BCUT2D eigenvalue weighted by Crippen LogP contribution is -2.58. The van der Waals surface area contributed by atoms with Crippen molar-refractivity contribution in [2.24, 2.45) is 44.6 Å². The van der Waals surface area contributed by atoms with Gasteiger partial charge in [-0.1, -0.05) is 47.6 Å². The fourth-order valence-electron chi connectivity index (χ4n) is 7.60. The molecule has 1 aliphatic rings. The van der Waals surface area contributed by atoms with Crippen LogP contribution in [0.15, 0.2) is 34.3 Å². The lowest BCUT2D eigenvalue weighted by Gasteiger charge is -2.27. The summed E-state index contributed by atoms with van der Waals surface area (Å²) in [6.45, 7) is 5.10. The number of hydrogen-bond donors (Lipinski definition) is 16. The molecule has 0 aliphatic carbocycles. The number of halogens is 3. The van der Waals surface area contributed by atoms with Gasteiger partial charge in [-0.05, 0) is 93.4 Å². The number of carbonyl (C=O) groups excluding carboxylic acids is 10. The number of phenols is 1. The van der Waals surface area contributed by atoms with Gasteiger partial charge in [0, 0.05) is 63.9 Å². The van der Waals surface area contributed by atoms with E-state index < -0.39 is 119 Å². The van der Waals surface area contributed by atoms with Crippen molar-refractivity contribution in [1.29, 1.82) is 0 Å². The number of primary amides is 1. The van der Waals surface area contributed by atoms with Crippen LogP contribution < -0.4 is 76.5 Å². The van der Waals surface area contributed by atoms with Crippen molar-refractivity contribution < 1.29 is 76.1 Å². The molecule has 0 saturated carbocycles. The zero-order valence-electron chi connectivity index (χ0n) is 48.4. The second-order valence-electron chi connectivity index (χ2n) is 19.7. The van der Waals surface area contributed by atoms with Crippen molar-refractivity contribution in [3.63, 3.8) is 0 Å². The Balaban J connectivity index is 0.00000495. The normalized spacial score (nSPS) is 21.1. The van der Waals surface area contributed by atoms with Crippen molar-refractivity contribution in [2.45, 2.75) is 146 Å². The van der Waals surface area contributed by atoms with E-state index in [1.54, 1.807) is 26.0 Å². The van der Waals surface area contributed by atoms with E-state index in [1.165, 1.54) is 30.8 Å². The van der Waals surface area contributed by atoms with Gasteiger partial charge in [0.25, 0.3) is 0 Å². The minimum absolute atomic E-state index is 0.0000787. The summed E-state index contributed by atoms with van der Waals surface area (Å²) in [6, 6.07) is -2.00. The number of hydrogen-bond acceptors (Lipinski definition) is 17. The Hall–Kier alpha value is -7.43. The first-order chi connectivity index (χ1) is 40.4. The molecule has 1 saturated heterocycles. The van der Waals surface area contributed by atoms with Crippen LogP contribution >= 0.6 is 33.3 Å². The van der Waals surface area contributed by atoms with E-state index in [1.807, 2.05) is 6.26 Å². The molecule has 1 aromatic rings. The molecule has 484 valence electrons. The number of aliphatic imine (C=N–C) groups is 2. The number of rotatable bonds is 18. The molecule has 1 heterocycles. The lowest BCUT2D eigenvalue weighted by atomic mass is 10.00. The smallest absolute Gasteiger partial charge is 0.490 e. The Morgan fingerprint density at radius 2 is 1.23 bits per heavy atom. The maximum Gasteiger partial charge on any atom is 0.490 e. The van der Waals surface area contributed by atoms with E-state index >= 15 is 0 Å². The Morgan fingerprint density at radius 1 is 0.709 bits per heavy atom. The molecule has 0 unspecified atom stereocenters. The Labute approximate surface area is 508 Å². The lowest BCUT2D eigenvalue weighted by molar-refractivity contribution is -0.192. The fourth-order valence-corrected chi connectivity index (χ4v) is 10.4. The number of benzene rings is 1. The van der Waals surface area contributed by atoms with E-state index in [4.69, 9.17) is 38.6 Å². The van der Waals surface area contributed by atoms with Crippen LogP contribution in [0.3, 0.4) is 0 Å². The molecule has 1 aromatic carbocycles. The quantitative estimate of drug-likeness (QED) is 0.0326. The molecule has 0 bridgehead atoms. The minimum Gasteiger partial charge on any atom is -0.508 e. The number of carboxylic acid groups (broad SMARTS) is 1. The third kappa shape index (κ3) is 33.9. The maximum absolute atomic E-state index is 14.1. The molecule has 35 heteroatoms. The molecule has 0 aromatic heterocycles. The first kappa shape index (κ1) is 76.6. The van der Waals surface area contributed by atoms with Gasteiger partial charge in [-0.2, -0.15) is 24.9 Å². The molecule has 0 radical (unpaired) electrons. The predicted molar refractivity (Wildman–Crippen MR) is 320 cm³/mol. The summed E-state index contributed by atoms with van der Waals surface area (Å²) in [5, 5.41) is 41.5. The van der Waals surface area contributed by atoms with Crippen LogP contribution in [-0.4, -0.2) is 185 Å². The standard InChI is InChI=1S/C49H82N16O11S3.C2HF3O2/c1-28(2)40-47(76)63-35(25-30-15-17-31(67)18-16-30)43(72)56-21-8-6-14-39(69)61-36(41(50)70)26-78-79-27-37(64-44(73)32(59-29(3)66)11-9-22-57-48(51)52)46(75)62-34(19-24-77-4)42(71)55-20-7-5-13-38(68)60-33(45(74)65-40)12-10-23-58-49(53)54;3-2(4,5)1(6)7/h15-18,28,32-37,40,67H,5-14,19-27H2,1-4H3,(H2,50,70)(H,55,71)(H,56,72)(H,59,66)(H,60,68)(H,61,69)(H,62,75)(H,63,76)(H,64,73)(H,65,74)(H4,51,52,57)(H4,53,54,58);(H,6,7)/t32-,33-,34-,35-,36-,37-,40-;/m0./s1. The van der Waals surface area contributed by atoms with Crippen LogP contribution in [0.25, 0.3) is 0 Å². The molecular formula is C51H83F3N16O13S3. The number of guanidine groups is 2. The highest BCUT2D eigenvalue weighted by molar-refractivity contribution is 8.76. The Morgan fingerprint density at radius 3 is 1.76 bits per heavy atom. The van der Waals surface area contributed by atoms with Gasteiger partial charge >= 0.3 is 12.1 Å². The number of aliphatic carboxylic acids is 1. The van der Waals surface area contributed by atoms with E-state index in [-0.39, 0.29) is 113 Å². The summed E-state index contributed by atoms with van der Waals surface area (Å²) in [6.07, 6.45) is -1.28. The molecular weight excluding hydrogens is 1200 g/mol. The van der Waals surface area contributed by atoms with Crippen LogP contribution in [0.1, 0.15) is 97.0 Å². The van der Waals surface area contributed by atoms with E-state index in [2.05, 4.69) is 57.8 Å². The highest BCUT2D eigenvalue weighted by Gasteiger charge is 2.38. The highest BCUT2D eigenvalue weighted by atomic mass is 33.1. The summed E-state index contributed by atoms with van der Waals surface area (Å²) in [5.74, 6) is -9.52. The SMILES string of the molecule is CSCC[C@@H]1NC(=O)[C@@H](NC(=O)[C@H](CCCN=C(N)N)NC(C)=O)CSSC[C@@H](C(N)=O)NC(=O)CCCCNC(=O)[C@H](Cc2ccc(O)cc2)NC(=O)[C@H](C(C)C)NC(=O)[C@H](CCCN=C(N)N)NC(=O)CCCCNC1=O.O=C(O)C(F)(F)F. The summed E-state index contributed by atoms with van der Waals surface area (Å²) < 4.78 is 31.7. The first-order valence-electron chi connectivity index (χ1n) is 27.3. The second kappa shape index (κ2) is 41.6. The van der Waals surface area contributed by atoms with Crippen LogP contribution in [0, 0.1) is 5.92 Å². The number of carboxylic acids is 1. The van der Waals surface area contributed by atoms with Gasteiger partial charge in [-0.15, -0.1) is 0 Å². The maximum atomic E-state index is 14.1. The molecule has 29 nitrogen and oxygen atoms in total. The summed E-state index contributed by atoms with van der Waals surface area (Å²) >= 11 is 1.43. The van der Waals surface area contributed by atoms with Crippen molar-refractivity contribution in [3.05, 3.63) is 29.8 Å². The van der Waals surface area contributed by atoms with Crippen LogP contribution in [-0.2, 0) is 59.2 Å². The predicted octanol–water partition coefficient (Wildman–Crippen LogP) is -2.05. The molecule has 2 rings (SSSR count). The number of nitrogens with one attached hydrogen (secondary N) is 9. The van der Waals surface area contributed by atoms with Crippen LogP contribution in [0.5, 0.6) is 5.75 Å². The van der Waals surface area contributed by atoms with E-state index in [0.29, 0.717) is 30.6 Å². The molecule has 1 aliphatic heterocycles. The average Bonchev–Trinajstić information content (AvgIpc) is 3.40. The van der Waals surface area contributed by atoms with Gasteiger partial charge in [0.05, 0.1) is 0 Å².